The van der Waals surface area contributed by atoms with Crippen LogP contribution in [0.1, 0.15) is 17.2 Å². The summed E-state index contributed by atoms with van der Waals surface area (Å²) in [4.78, 5) is 4.18. The van der Waals surface area contributed by atoms with Crippen LogP contribution in [0.4, 0.5) is 0 Å². The highest BCUT2D eigenvalue weighted by atomic mass is 16.5. The molecule has 0 radical (unpaired) electrons. The van der Waals surface area contributed by atoms with Crippen molar-refractivity contribution in [2.75, 3.05) is 0 Å². The zero-order valence-electron chi connectivity index (χ0n) is 13.2. The quantitative estimate of drug-likeness (QED) is 0.806. The molecule has 0 spiro atoms. The summed E-state index contributed by atoms with van der Waals surface area (Å²) in [6, 6.07) is 10.0. The van der Waals surface area contributed by atoms with Crippen LogP contribution >= 0.6 is 0 Å². The molecule has 0 saturated carbocycles. The van der Waals surface area contributed by atoms with Crippen molar-refractivity contribution in [1.82, 2.24) is 19.3 Å². The highest BCUT2D eigenvalue weighted by molar-refractivity contribution is 5.50. The minimum absolute atomic E-state index is 0.00591. The van der Waals surface area contributed by atoms with Gasteiger partial charge in [0, 0.05) is 23.9 Å². The third kappa shape index (κ3) is 2.38. The molecule has 2 N–H and O–H groups in total. The standard InChI is InChI=1S/C18H17N5O/c1-13-17(14-7-10-24-16(19)11-14)18(22-9-8-20-12-22)23(21-13)15-5-3-2-4-6-15/h2-12,14H,19H2,1H3. The Kier molecular flexibility index (Phi) is 3.42. The van der Waals surface area contributed by atoms with E-state index < -0.39 is 0 Å². The van der Waals surface area contributed by atoms with E-state index in [9.17, 15) is 0 Å². The molecule has 6 nitrogen and oxygen atoms in total. The predicted molar refractivity (Wildman–Crippen MR) is 90.7 cm³/mol. The van der Waals surface area contributed by atoms with Gasteiger partial charge in [-0.15, -0.1) is 0 Å². The van der Waals surface area contributed by atoms with E-state index in [1.165, 1.54) is 0 Å². The molecule has 1 atom stereocenters. The Hall–Kier alpha value is -3.28. The molecule has 120 valence electrons. The average molecular weight is 319 g/mol. The number of ether oxygens (including phenoxy) is 1. The van der Waals surface area contributed by atoms with E-state index in [2.05, 4.69) is 4.98 Å². The number of para-hydroxylation sites is 1. The van der Waals surface area contributed by atoms with E-state index in [-0.39, 0.29) is 5.92 Å². The fraction of sp³-hybridized carbons (Fsp3) is 0.111. The van der Waals surface area contributed by atoms with Crippen molar-refractivity contribution < 1.29 is 4.74 Å². The van der Waals surface area contributed by atoms with Crippen LogP contribution in [0.5, 0.6) is 0 Å². The summed E-state index contributed by atoms with van der Waals surface area (Å²) in [5.41, 5.74) is 8.83. The van der Waals surface area contributed by atoms with E-state index >= 15 is 0 Å². The highest BCUT2D eigenvalue weighted by Gasteiger charge is 2.24. The van der Waals surface area contributed by atoms with Gasteiger partial charge in [-0.25, -0.2) is 9.67 Å². The zero-order chi connectivity index (χ0) is 16.5. The Labute approximate surface area is 139 Å². The molecule has 6 heteroatoms. The lowest BCUT2D eigenvalue weighted by atomic mass is 9.97. The maximum atomic E-state index is 5.84. The number of hydrogen-bond donors (Lipinski definition) is 1. The van der Waals surface area contributed by atoms with Gasteiger partial charge in [0.15, 0.2) is 5.88 Å². The lowest BCUT2D eigenvalue weighted by Gasteiger charge is -2.16. The number of imidazole rings is 1. The third-order valence-corrected chi connectivity index (χ3v) is 4.00. The van der Waals surface area contributed by atoms with E-state index in [1.807, 2.05) is 64.9 Å². The molecule has 4 rings (SSSR count). The SMILES string of the molecule is Cc1nn(-c2ccccc2)c(-n2ccnc2)c1C1C=COC(N)=C1. The van der Waals surface area contributed by atoms with Crippen molar-refractivity contribution in [3.63, 3.8) is 0 Å². The fourth-order valence-corrected chi connectivity index (χ4v) is 2.95. The van der Waals surface area contributed by atoms with Crippen LogP contribution in [0.15, 0.2) is 73.4 Å². The maximum Gasteiger partial charge on any atom is 0.186 e. The van der Waals surface area contributed by atoms with Crippen molar-refractivity contribution in [2.24, 2.45) is 5.73 Å². The van der Waals surface area contributed by atoms with Gasteiger partial charge in [-0.1, -0.05) is 18.2 Å². The monoisotopic (exact) mass is 319 g/mol. The molecule has 0 saturated heterocycles. The van der Waals surface area contributed by atoms with Gasteiger partial charge in [-0.2, -0.15) is 5.10 Å². The highest BCUT2D eigenvalue weighted by Crippen LogP contribution is 2.32. The number of nitrogens with zero attached hydrogens (tertiary/aromatic N) is 4. The molecule has 2 aromatic heterocycles. The van der Waals surface area contributed by atoms with Crippen LogP contribution in [0.25, 0.3) is 11.5 Å². The van der Waals surface area contributed by atoms with Gasteiger partial charge in [-0.3, -0.25) is 4.57 Å². The molecule has 0 bridgehead atoms. The minimum Gasteiger partial charge on any atom is -0.450 e. The number of aromatic nitrogens is 4. The Morgan fingerprint density at radius 2 is 2.04 bits per heavy atom. The molecular weight excluding hydrogens is 302 g/mol. The van der Waals surface area contributed by atoms with Crippen molar-refractivity contribution in [1.29, 1.82) is 0 Å². The van der Waals surface area contributed by atoms with Gasteiger partial charge in [0.1, 0.15) is 12.1 Å². The summed E-state index contributed by atoms with van der Waals surface area (Å²) in [6.45, 7) is 2.00. The number of benzene rings is 1. The van der Waals surface area contributed by atoms with Gasteiger partial charge in [-0.05, 0) is 31.2 Å². The van der Waals surface area contributed by atoms with E-state index in [1.54, 1.807) is 18.8 Å². The van der Waals surface area contributed by atoms with Gasteiger partial charge < -0.3 is 10.5 Å². The molecule has 3 heterocycles. The van der Waals surface area contributed by atoms with Gasteiger partial charge >= 0.3 is 0 Å². The molecule has 1 aliphatic rings. The van der Waals surface area contributed by atoms with E-state index in [0.29, 0.717) is 5.88 Å². The summed E-state index contributed by atoms with van der Waals surface area (Å²) >= 11 is 0. The normalized spacial score (nSPS) is 16.7. The smallest absolute Gasteiger partial charge is 0.186 e. The number of allylic oxidation sites excluding steroid dienone is 2. The molecule has 0 amide bonds. The van der Waals surface area contributed by atoms with Crippen LogP contribution in [0.2, 0.25) is 0 Å². The van der Waals surface area contributed by atoms with E-state index in [4.69, 9.17) is 15.6 Å². The summed E-state index contributed by atoms with van der Waals surface area (Å²) < 4.78 is 9.10. The lowest BCUT2D eigenvalue weighted by Crippen LogP contribution is -2.10. The summed E-state index contributed by atoms with van der Waals surface area (Å²) in [5.74, 6) is 1.33. The molecule has 1 aliphatic heterocycles. The predicted octanol–water partition coefficient (Wildman–Crippen LogP) is 2.79. The van der Waals surface area contributed by atoms with Crippen molar-refractivity contribution in [2.45, 2.75) is 12.8 Å². The van der Waals surface area contributed by atoms with Crippen LogP contribution in [0, 0.1) is 6.92 Å². The Bertz CT molecular complexity index is 907. The topological polar surface area (TPSA) is 70.9 Å². The minimum atomic E-state index is -0.00591. The molecule has 1 unspecified atom stereocenters. The van der Waals surface area contributed by atoms with Crippen LogP contribution in [0.3, 0.4) is 0 Å². The molecular formula is C18H17N5O. The summed E-state index contributed by atoms with van der Waals surface area (Å²) in [5, 5.41) is 4.76. The van der Waals surface area contributed by atoms with Crippen molar-refractivity contribution in [3.8, 4) is 11.5 Å². The summed E-state index contributed by atoms with van der Waals surface area (Å²) in [6.07, 6.45) is 10.9. The van der Waals surface area contributed by atoms with Crippen molar-refractivity contribution >= 4 is 0 Å². The van der Waals surface area contributed by atoms with E-state index in [0.717, 1.165) is 22.8 Å². The van der Waals surface area contributed by atoms with Crippen molar-refractivity contribution in [3.05, 3.63) is 84.6 Å². The Morgan fingerprint density at radius 3 is 2.75 bits per heavy atom. The first-order valence-electron chi connectivity index (χ1n) is 7.68. The number of hydrogen-bond acceptors (Lipinski definition) is 4. The first-order chi connectivity index (χ1) is 11.7. The second-order valence-electron chi connectivity index (χ2n) is 5.58. The Morgan fingerprint density at radius 1 is 1.21 bits per heavy atom. The van der Waals surface area contributed by atoms with Crippen LogP contribution < -0.4 is 5.73 Å². The number of aryl methyl sites for hydroxylation is 1. The zero-order valence-corrected chi connectivity index (χ0v) is 13.2. The first kappa shape index (κ1) is 14.3. The number of nitrogens with two attached hydrogens (primary N) is 1. The van der Waals surface area contributed by atoms with Gasteiger partial charge in [0.2, 0.25) is 0 Å². The van der Waals surface area contributed by atoms with Gasteiger partial charge in [0.25, 0.3) is 0 Å². The molecule has 0 fully saturated rings. The first-order valence-corrected chi connectivity index (χ1v) is 7.68. The maximum absolute atomic E-state index is 5.84. The Balaban J connectivity index is 1.96. The van der Waals surface area contributed by atoms with Crippen LogP contribution in [-0.4, -0.2) is 19.3 Å². The largest absolute Gasteiger partial charge is 0.450 e. The van der Waals surface area contributed by atoms with Gasteiger partial charge in [0.05, 0.1) is 17.6 Å². The molecule has 24 heavy (non-hydrogen) atoms. The molecule has 1 aromatic carbocycles. The fourth-order valence-electron chi connectivity index (χ4n) is 2.95. The lowest BCUT2D eigenvalue weighted by molar-refractivity contribution is 0.334. The average Bonchev–Trinajstić information content (AvgIpc) is 3.23. The second-order valence-corrected chi connectivity index (χ2v) is 5.58. The second kappa shape index (κ2) is 5.73. The molecule has 3 aromatic rings. The third-order valence-electron chi connectivity index (χ3n) is 4.00. The van der Waals surface area contributed by atoms with Crippen LogP contribution in [-0.2, 0) is 4.74 Å². The number of rotatable bonds is 3. The summed E-state index contributed by atoms with van der Waals surface area (Å²) in [7, 11) is 0. The molecule has 0 aliphatic carbocycles.